The van der Waals surface area contributed by atoms with E-state index in [1.807, 2.05) is 4.57 Å². The second kappa shape index (κ2) is 4.27. The Hall–Kier alpha value is -2.02. The number of rotatable bonds is 4. The Morgan fingerprint density at radius 3 is 2.74 bits per heavy atom. The fourth-order valence-corrected chi connectivity index (χ4v) is 2.89. The maximum atomic E-state index is 11.5. The van der Waals surface area contributed by atoms with Gasteiger partial charge in [0.15, 0.2) is 11.5 Å². The first-order valence-corrected chi connectivity index (χ1v) is 6.67. The number of ketones is 1. The molecule has 6 nitrogen and oxygen atoms in total. The van der Waals surface area contributed by atoms with Gasteiger partial charge in [-0.15, -0.1) is 11.3 Å². The standard InChI is InChI=1S/C12H11N3O3S/c1-6(16)10-9(12(17)18)14-11(19-10)8-4-13-5-15(8)7-2-3-7/h4-5,7H,2-3H2,1H3,(H,17,18). The monoisotopic (exact) mass is 277 g/mol. The molecular formula is C12H11N3O3S. The molecule has 1 aliphatic rings. The molecule has 1 N–H and O–H groups in total. The predicted molar refractivity (Wildman–Crippen MR) is 68.6 cm³/mol. The normalized spacial score (nSPS) is 14.6. The minimum absolute atomic E-state index is 0.170. The van der Waals surface area contributed by atoms with Crippen molar-refractivity contribution < 1.29 is 14.7 Å². The number of carboxylic acid groups (broad SMARTS) is 1. The summed E-state index contributed by atoms with van der Waals surface area (Å²) in [5.41, 5.74) is 0.610. The summed E-state index contributed by atoms with van der Waals surface area (Å²) in [5.74, 6) is -1.45. The Morgan fingerprint density at radius 2 is 2.21 bits per heavy atom. The summed E-state index contributed by atoms with van der Waals surface area (Å²) >= 11 is 1.11. The molecule has 0 amide bonds. The second-order valence-electron chi connectivity index (χ2n) is 4.48. The molecule has 0 bridgehead atoms. The van der Waals surface area contributed by atoms with Crippen LogP contribution in [0.1, 0.15) is 46.0 Å². The summed E-state index contributed by atoms with van der Waals surface area (Å²) in [6, 6.07) is 0.426. The highest BCUT2D eigenvalue weighted by molar-refractivity contribution is 7.17. The summed E-state index contributed by atoms with van der Waals surface area (Å²) in [5, 5.41) is 9.62. The minimum Gasteiger partial charge on any atom is -0.476 e. The van der Waals surface area contributed by atoms with Gasteiger partial charge in [-0.2, -0.15) is 0 Å². The van der Waals surface area contributed by atoms with Gasteiger partial charge in [-0.3, -0.25) is 4.79 Å². The number of aromatic nitrogens is 3. The van der Waals surface area contributed by atoms with E-state index in [1.54, 1.807) is 12.5 Å². The number of aromatic carboxylic acids is 1. The maximum Gasteiger partial charge on any atom is 0.356 e. The van der Waals surface area contributed by atoms with Gasteiger partial charge in [-0.05, 0) is 12.8 Å². The number of carbonyl (C=O) groups is 2. The van der Waals surface area contributed by atoms with Crippen LogP contribution < -0.4 is 0 Å². The molecule has 7 heteroatoms. The van der Waals surface area contributed by atoms with Crippen LogP contribution in [-0.2, 0) is 0 Å². The van der Waals surface area contributed by atoms with Crippen LogP contribution in [0.5, 0.6) is 0 Å². The molecule has 0 atom stereocenters. The lowest BCUT2D eigenvalue weighted by molar-refractivity contribution is 0.0687. The van der Waals surface area contributed by atoms with Gasteiger partial charge in [-0.1, -0.05) is 0 Å². The molecule has 0 aliphatic heterocycles. The van der Waals surface area contributed by atoms with Gasteiger partial charge in [0.2, 0.25) is 0 Å². The second-order valence-corrected chi connectivity index (χ2v) is 5.47. The zero-order valence-corrected chi connectivity index (χ0v) is 11.0. The van der Waals surface area contributed by atoms with Gasteiger partial charge in [-0.25, -0.2) is 14.8 Å². The van der Waals surface area contributed by atoms with Crippen LogP contribution >= 0.6 is 11.3 Å². The summed E-state index contributed by atoms with van der Waals surface area (Å²) in [6.45, 7) is 1.35. The number of Topliss-reactive ketones (excluding diaryl/α,β-unsaturated/α-hetero) is 1. The molecule has 0 radical (unpaired) electrons. The maximum absolute atomic E-state index is 11.5. The van der Waals surface area contributed by atoms with E-state index in [-0.39, 0.29) is 16.4 Å². The lowest BCUT2D eigenvalue weighted by Crippen LogP contribution is -2.03. The molecule has 0 aromatic carbocycles. The molecule has 0 saturated heterocycles. The quantitative estimate of drug-likeness (QED) is 0.866. The summed E-state index contributed by atoms with van der Waals surface area (Å²) in [4.78, 5) is 30.9. The molecule has 2 aromatic rings. The predicted octanol–water partition coefficient (Wildman–Crippen LogP) is 2.24. The lowest BCUT2D eigenvalue weighted by Gasteiger charge is -2.02. The van der Waals surface area contributed by atoms with Gasteiger partial charge in [0, 0.05) is 13.0 Å². The third kappa shape index (κ3) is 2.06. The van der Waals surface area contributed by atoms with Crippen molar-refractivity contribution in [2.75, 3.05) is 0 Å². The van der Waals surface area contributed by atoms with Crippen LogP contribution in [-0.4, -0.2) is 31.4 Å². The number of imidazole rings is 1. The smallest absolute Gasteiger partial charge is 0.356 e. The highest BCUT2D eigenvalue weighted by atomic mass is 32.1. The Balaban J connectivity index is 2.10. The molecule has 1 aliphatic carbocycles. The van der Waals surface area contributed by atoms with Crippen molar-refractivity contribution in [3.63, 3.8) is 0 Å². The highest BCUT2D eigenvalue weighted by Crippen LogP contribution is 2.39. The first kappa shape index (κ1) is 12.0. The number of carboxylic acids is 1. The summed E-state index contributed by atoms with van der Waals surface area (Å²) in [7, 11) is 0. The Labute approximate surface area is 112 Å². The van der Waals surface area contributed by atoms with E-state index in [0.29, 0.717) is 11.0 Å². The topological polar surface area (TPSA) is 85.1 Å². The first-order valence-electron chi connectivity index (χ1n) is 5.85. The molecule has 0 unspecified atom stereocenters. The number of nitrogens with zero attached hydrogens (tertiary/aromatic N) is 3. The molecule has 19 heavy (non-hydrogen) atoms. The molecule has 98 valence electrons. The highest BCUT2D eigenvalue weighted by Gasteiger charge is 2.28. The van der Waals surface area contributed by atoms with Gasteiger partial charge in [0.25, 0.3) is 0 Å². The molecule has 1 fully saturated rings. The Bertz CT molecular complexity index is 638. The van der Waals surface area contributed by atoms with E-state index in [1.165, 1.54) is 6.92 Å². The molecule has 0 spiro atoms. The molecule has 1 saturated carbocycles. The summed E-state index contributed by atoms with van der Waals surface area (Å²) < 4.78 is 1.99. The molecule has 3 rings (SSSR count). The third-order valence-electron chi connectivity index (χ3n) is 2.97. The SMILES string of the molecule is CC(=O)c1sc(-c2cncn2C2CC2)nc1C(=O)O. The number of thiazole rings is 1. The minimum atomic E-state index is -1.18. The van der Waals surface area contributed by atoms with Crippen molar-refractivity contribution in [2.24, 2.45) is 0 Å². The van der Waals surface area contributed by atoms with E-state index in [2.05, 4.69) is 9.97 Å². The van der Waals surface area contributed by atoms with Crippen LogP contribution in [0.4, 0.5) is 0 Å². The van der Waals surface area contributed by atoms with Crippen molar-refractivity contribution in [2.45, 2.75) is 25.8 Å². The average molecular weight is 277 g/mol. The van der Waals surface area contributed by atoms with E-state index >= 15 is 0 Å². The van der Waals surface area contributed by atoms with Crippen molar-refractivity contribution in [1.29, 1.82) is 0 Å². The van der Waals surface area contributed by atoms with Crippen molar-refractivity contribution in [3.05, 3.63) is 23.1 Å². The largest absolute Gasteiger partial charge is 0.476 e. The van der Waals surface area contributed by atoms with E-state index in [0.717, 1.165) is 29.9 Å². The van der Waals surface area contributed by atoms with Crippen LogP contribution in [0, 0.1) is 0 Å². The van der Waals surface area contributed by atoms with Gasteiger partial charge >= 0.3 is 5.97 Å². The van der Waals surface area contributed by atoms with Crippen LogP contribution in [0.25, 0.3) is 10.7 Å². The fraction of sp³-hybridized carbons (Fsp3) is 0.333. The van der Waals surface area contributed by atoms with Gasteiger partial charge < -0.3 is 9.67 Å². The molecule has 2 aromatic heterocycles. The van der Waals surface area contributed by atoms with Crippen molar-refractivity contribution >= 4 is 23.1 Å². The zero-order valence-electron chi connectivity index (χ0n) is 10.2. The fourth-order valence-electron chi connectivity index (χ4n) is 1.93. The Morgan fingerprint density at radius 1 is 1.47 bits per heavy atom. The first-order chi connectivity index (χ1) is 9.08. The van der Waals surface area contributed by atoms with Crippen LogP contribution in [0.15, 0.2) is 12.5 Å². The lowest BCUT2D eigenvalue weighted by atomic mass is 10.3. The molecular weight excluding hydrogens is 266 g/mol. The third-order valence-corrected chi connectivity index (χ3v) is 4.15. The number of hydrogen-bond donors (Lipinski definition) is 1. The van der Waals surface area contributed by atoms with E-state index in [9.17, 15) is 9.59 Å². The molecule has 2 heterocycles. The average Bonchev–Trinajstić information content (AvgIpc) is 2.93. The van der Waals surface area contributed by atoms with Crippen molar-refractivity contribution in [3.8, 4) is 10.7 Å². The van der Waals surface area contributed by atoms with Crippen LogP contribution in [0.2, 0.25) is 0 Å². The summed E-state index contributed by atoms with van der Waals surface area (Å²) in [6.07, 6.45) is 5.58. The number of carbonyl (C=O) groups excluding carboxylic acids is 1. The van der Waals surface area contributed by atoms with Crippen LogP contribution in [0.3, 0.4) is 0 Å². The zero-order chi connectivity index (χ0) is 13.6. The Kier molecular flexibility index (Phi) is 2.70. The van der Waals surface area contributed by atoms with Crippen molar-refractivity contribution in [1.82, 2.24) is 14.5 Å². The van der Waals surface area contributed by atoms with E-state index < -0.39 is 5.97 Å². The van der Waals surface area contributed by atoms with Gasteiger partial charge in [0.05, 0.1) is 18.2 Å². The van der Waals surface area contributed by atoms with E-state index in [4.69, 9.17) is 5.11 Å². The van der Waals surface area contributed by atoms with Gasteiger partial charge in [0.1, 0.15) is 9.88 Å². The number of hydrogen-bond acceptors (Lipinski definition) is 5.